The molecule has 1 heterocycles. The lowest BCUT2D eigenvalue weighted by Crippen LogP contribution is -2.33. The maximum absolute atomic E-state index is 10.5. The van der Waals surface area contributed by atoms with E-state index in [-0.39, 0.29) is 6.17 Å². The van der Waals surface area contributed by atoms with Crippen LogP contribution in [0.25, 0.3) is 0 Å². The predicted octanol–water partition coefficient (Wildman–Crippen LogP) is 2.47. The molecule has 3 atom stereocenters. The van der Waals surface area contributed by atoms with E-state index in [0.717, 1.165) is 24.3 Å². The molecule has 1 fully saturated rings. The normalized spacial score (nSPS) is 30.5. The number of carbonyl (C=O) groups is 1. The fraction of sp³-hybridized carbons (Fsp3) is 0.600. The number of hydrogen-bond donors (Lipinski definition) is 2. The van der Waals surface area contributed by atoms with Crippen molar-refractivity contribution in [1.29, 1.82) is 0 Å². The molecule has 18 heavy (non-hydrogen) atoms. The van der Waals surface area contributed by atoms with Crippen molar-refractivity contribution in [3.63, 3.8) is 0 Å². The van der Waals surface area contributed by atoms with E-state index in [1.54, 1.807) is 0 Å². The van der Waals surface area contributed by atoms with Gasteiger partial charge in [0.15, 0.2) is 12.5 Å². The molecule has 0 radical (unpaired) electrons. The molecule has 3 unspecified atom stereocenters. The maximum Gasteiger partial charge on any atom is 0.162 e. The molecule has 1 saturated carbocycles. The zero-order valence-corrected chi connectivity index (χ0v) is 11.0. The Hall–Kier alpha value is -1.47. The Labute approximate surface area is 109 Å². The van der Waals surface area contributed by atoms with Gasteiger partial charge in [-0.15, -0.1) is 5.73 Å². The van der Waals surface area contributed by atoms with Gasteiger partial charge in [-0.3, -0.25) is 4.79 Å². The lowest BCUT2D eigenvalue weighted by Gasteiger charge is -2.23. The molecule has 2 N–H and O–H groups in total. The molecule has 1 aliphatic heterocycles. The first kappa shape index (κ1) is 13.0. The van der Waals surface area contributed by atoms with E-state index in [1.807, 2.05) is 12.3 Å². The summed E-state index contributed by atoms with van der Waals surface area (Å²) in [5.41, 5.74) is 4.33. The quantitative estimate of drug-likeness (QED) is 0.591. The molecule has 0 spiro atoms. The molecular weight excluding hydrogens is 224 g/mol. The van der Waals surface area contributed by atoms with Gasteiger partial charge in [-0.2, -0.15) is 0 Å². The summed E-state index contributed by atoms with van der Waals surface area (Å²) in [4.78, 5) is 10.5. The number of nitrogens with one attached hydrogen (secondary N) is 2. The summed E-state index contributed by atoms with van der Waals surface area (Å²) in [6.07, 6.45) is 12.9. The minimum Gasteiger partial charge on any atom is -0.364 e. The summed E-state index contributed by atoms with van der Waals surface area (Å²) in [7, 11) is 0. The van der Waals surface area contributed by atoms with Crippen LogP contribution in [0.3, 0.4) is 0 Å². The Bertz CT molecular complexity index is 380. The van der Waals surface area contributed by atoms with Crippen molar-refractivity contribution in [1.82, 2.24) is 10.6 Å². The molecule has 0 amide bonds. The Morgan fingerprint density at radius 2 is 2.39 bits per heavy atom. The van der Waals surface area contributed by atoms with E-state index >= 15 is 0 Å². The third-order valence-corrected chi connectivity index (χ3v) is 3.66. The zero-order chi connectivity index (χ0) is 12.8. The highest BCUT2D eigenvalue weighted by Gasteiger charge is 2.16. The summed E-state index contributed by atoms with van der Waals surface area (Å²) in [5, 5.41) is 6.04. The molecule has 2 aliphatic rings. The Morgan fingerprint density at radius 1 is 1.50 bits per heavy atom. The van der Waals surface area contributed by atoms with Crippen LogP contribution < -0.4 is 10.6 Å². The summed E-state index contributed by atoms with van der Waals surface area (Å²) in [6.45, 7) is 2.34. The Kier molecular flexibility index (Phi) is 4.66. The van der Waals surface area contributed by atoms with Gasteiger partial charge in [0, 0.05) is 18.3 Å². The van der Waals surface area contributed by atoms with Crippen molar-refractivity contribution in [3.8, 4) is 0 Å². The van der Waals surface area contributed by atoms with Gasteiger partial charge in [0.05, 0.1) is 0 Å². The van der Waals surface area contributed by atoms with Crippen molar-refractivity contribution in [2.45, 2.75) is 45.2 Å². The zero-order valence-electron chi connectivity index (χ0n) is 11.0. The fourth-order valence-electron chi connectivity index (χ4n) is 2.67. The lowest BCUT2D eigenvalue weighted by molar-refractivity contribution is -0.109. The maximum atomic E-state index is 10.5. The monoisotopic (exact) mass is 246 g/mol. The van der Waals surface area contributed by atoms with Gasteiger partial charge in [-0.1, -0.05) is 19.8 Å². The van der Waals surface area contributed by atoms with E-state index in [1.165, 1.54) is 25.7 Å². The van der Waals surface area contributed by atoms with Crippen molar-refractivity contribution in [2.75, 3.05) is 0 Å². The van der Waals surface area contributed by atoms with Crippen LogP contribution in [0.15, 0.2) is 29.8 Å². The summed E-state index contributed by atoms with van der Waals surface area (Å²) in [6, 6.07) is 0. The topological polar surface area (TPSA) is 41.1 Å². The first-order valence-electron chi connectivity index (χ1n) is 6.86. The summed E-state index contributed by atoms with van der Waals surface area (Å²) in [5.74, 6) is 1.56. The Morgan fingerprint density at radius 3 is 3.11 bits per heavy atom. The summed E-state index contributed by atoms with van der Waals surface area (Å²) < 4.78 is 0. The molecule has 0 aromatic rings. The van der Waals surface area contributed by atoms with Crippen molar-refractivity contribution < 1.29 is 4.79 Å². The van der Waals surface area contributed by atoms with Gasteiger partial charge in [0.25, 0.3) is 0 Å². The first-order chi connectivity index (χ1) is 8.78. The third-order valence-electron chi connectivity index (χ3n) is 3.66. The van der Waals surface area contributed by atoms with Gasteiger partial charge in [0.1, 0.15) is 0 Å². The average molecular weight is 246 g/mol. The number of hydrogen-bond acceptors (Lipinski definition) is 3. The van der Waals surface area contributed by atoms with Crippen LogP contribution in [0, 0.1) is 11.8 Å². The van der Waals surface area contributed by atoms with Crippen molar-refractivity contribution in [3.05, 3.63) is 29.8 Å². The van der Waals surface area contributed by atoms with Gasteiger partial charge in [-0.05, 0) is 36.8 Å². The Balaban J connectivity index is 1.75. The second-order valence-electron chi connectivity index (χ2n) is 5.37. The molecule has 3 nitrogen and oxygen atoms in total. The van der Waals surface area contributed by atoms with Gasteiger partial charge in [-0.25, -0.2) is 0 Å². The highest BCUT2D eigenvalue weighted by Crippen LogP contribution is 2.28. The van der Waals surface area contributed by atoms with Crippen LogP contribution in [-0.4, -0.2) is 12.5 Å². The molecule has 0 saturated heterocycles. The predicted molar refractivity (Wildman–Crippen MR) is 72.6 cm³/mol. The molecule has 0 aromatic carbocycles. The third kappa shape index (κ3) is 3.78. The van der Waals surface area contributed by atoms with Crippen LogP contribution in [0.2, 0.25) is 0 Å². The van der Waals surface area contributed by atoms with Gasteiger partial charge >= 0.3 is 0 Å². The smallest absolute Gasteiger partial charge is 0.162 e. The minimum absolute atomic E-state index is 0.253. The number of rotatable bonds is 4. The standard InChI is InChI=1S/C15H22N2O/c1-12-5-4-7-13(9-12)6-2-3-8-14-10-16-15(11-18)17-14/h3,6,10-13,15-17H,4-5,7-9H2,1H3. The lowest BCUT2D eigenvalue weighted by atomic mass is 9.82. The molecule has 3 heteroatoms. The molecule has 2 rings (SSSR count). The van der Waals surface area contributed by atoms with Crippen LogP contribution in [0.4, 0.5) is 0 Å². The SMILES string of the molecule is CC1CCCC(C=C=CCC2=CNC(C=O)N2)C1. The molecule has 1 aliphatic carbocycles. The second kappa shape index (κ2) is 6.46. The average Bonchev–Trinajstić information content (AvgIpc) is 2.83. The molecule has 98 valence electrons. The highest BCUT2D eigenvalue weighted by atomic mass is 16.1. The van der Waals surface area contributed by atoms with Crippen molar-refractivity contribution >= 4 is 6.29 Å². The second-order valence-corrected chi connectivity index (χ2v) is 5.37. The van der Waals surface area contributed by atoms with E-state index < -0.39 is 0 Å². The molecule has 0 bridgehead atoms. The molecular formula is C15H22N2O. The first-order valence-corrected chi connectivity index (χ1v) is 6.86. The fourth-order valence-corrected chi connectivity index (χ4v) is 2.67. The van der Waals surface area contributed by atoms with E-state index in [4.69, 9.17) is 0 Å². The summed E-state index contributed by atoms with van der Waals surface area (Å²) >= 11 is 0. The van der Waals surface area contributed by atoms with Crippen LogP contribution in [0.1, 0.15) is 39.0 Å². The van der Waals surface area contributed by atoms with Crippen LogP contribution in [-0.2, 0) is 4.79 Å². The van der Waals surface area contributed by atoms with Crippen LogP contribution >= 0.6 is 0 Å². The van der Waals surface area contributed by atoms with E-state index in [0.29, 0.717) is 5.92 Å². The molecule has 0 aromatic heterocycles. The largest absolute Gasteiger partial charge is 0.364 e. The highest BCUT2D eigenvalue weighted by molar-refractivity contribution is 5.58. The number of allylic oxidation sites excluding steroid dienone is 1. The minimum atomic E-state index is -0.253. The van der Waals surface area contributed by atoms with E-state index in [2.05, 4.69) is 29.4 Å². The van der Waals surface area contributed by atoms with Gasteiger partial charge < -0.3 is 10.6 Å². The number of aldehydes is 1. The van der Waals surface area contributed by atoms with Gasteiger partial charge in [0.2, 0.25) is 0 Å². The van der Waals surface area contributed by atoms with Crippen LogP contribution in [0.5, 0.6) is 0 Å². The van der Waals surface area contributed by atoms with E-state index in [9.17, 15) is 4.79 Å². The van der Waals surface area contributed by atoms with Crippen molar-refractivity contribution in [2.24, 2.45) is 11.8 Å². The number of carbonyl (C=O) groups excluding carboxylic acids is 1.